The van der Waals surface area contributed by atoms with Crippen LogP contribution in [0.5, 0.6) is 0 Å². The third-order valence-electron chi connectivity index (χ3n) is 8.24. The molecule has 0 saturated carbocycles. The van der Waals surface area contributed by atoms with Gasteiger partial charge in [0.1, 0.15) is 5.78 Å². The van der Waals surface area contributed by atoms with E-state index < -0.39 is 23.3 Å². The molecule has 0 spiro atoms. The fourth-order valence-corrected chi connectivity index (χ4v) is 7.57. The standard InChI is InChI=1S/C27H43N3O6S/c1-26(35)23-27(36-23,24(33)30-26)21(32)16-10-8-6-4-2-3-5-7-9-13-18(31)14-11-12-15-20-22-19(17-37-20)28-25(34)29-22/h19-20,22-23,35H,2-17H2,1H3,(H,30,33)(H2,28,29,34)/t19-,20-,22-,23-,26?,27+/m0/s1. The monoisotopic (exact) mass is 537 g/mol. The zero-order chi connectivity index (χ0) is 26.5. The van der Waals surface area contributed by atoms with Gasteiger partial charge in [0.15, 0.2) is 17.6 Å². The molecule has 4 N–H and O–H groups in total. The number of epoxide rings is 1. The topological polar surface area (TPSA) is 137 Å². The Hall–Kier alpha value is -1.65. The first-order valence-electron chi connectivity index (χ1n) is 14.2. The third-order valence-corrected chi connectivity index (χ3v) is 9.74. The molecule has 10 heteroatoms. The van der Waals surface area contributed by atoms with Crippen molar-refractivity contribution in [2.45, 2.75) is 138 Å². The van der Waals surface area contributed by atoms with Gasteiger partial charge < -0.3 is 25.8 Å². The zero-order valence-electron chi connectivity index (χ0n) is 22.0. The number of ether oxygens (including phenoxy) is 1. The molecule has 0 aromatic rings. The highest BCUT2D eigenvalue weighted by molar-refractivity contribution is 8.00. The van der Waals surface area contributed by atoms with E-state index in [1.165, 1.54) is 19.8 Å². The number of unbranched alkanes of at least 4 members (excludes halogenated alkanes) is 9. The SMILES string of the molecule is CC1(O)NC(=O)[C@]2(C(=O)CCCCCCCCCCCC(=O)CCCC[C@@H]3SC[C@@H]4NC(=O)N[C@@H]43)O[C@@H]12. The minimum Gasteiger partial charge on any atom is -0.368 e. The Kier molecular flexibility index (Phi) is 9.56. The van der Waals surface area contributed by atoms with Crippen molar-refractivity contribution in [3.8, 4) is 0 Å². The molecule has 0 aromatic heterocycles. The molecule has 0 radical (unpaired) electrons. The Balaban J connectivity index is 0.911. The van der Waals surface area contributed by atoms with Gasteiger partial charge in [0, 0.05) is 30.3 Å². The van der Waals surface area contributed by atoms with E-state index in [2.05, 4.69) is 16.0 Å². The molecular formula is C27H43N3O6S. The lowest BCUT2D eigenvalue weighted by Crippen LogP contribution is -2.45. The number of thioether (sulfide) groups is 1. The summed E-state index contributed by atoms with van der Waals surface area (Å²) in [7, 11) is 0. The second-order valence-electron chi connectivity index (χ2n) is 11.3. The summed E-state index contributed by atoms with van der Waals surface area (Å²) in [4.78, 5) is 48.0. The van der Waals surface area contributed by atoms with E-state index >= 15 is 0 Å². The summed E-state index contributed by atoms with van der Waals surface area (Å²) in [5.41, 5.74) is -2.88. The van der Waals surface area contributed by atoms with Gasteiger partial charge in [0.05, 0.1) is 12.1 Å². The summed E-state index contributed by atoms with van der Waals surface area (Å²) < 4.78 is 5.30. The van der Waals surface area contributed by atoms with Gasteiger partial charge in [-0.15, -0.1) is 0 Å². The number of ketones is 2. The predicted molar refractivity (Wildman–Crippen MR) is 141 cm³/mol. The molecule has 37 heavy (non-hydrogen) atoms. The number of amides is 3. The van der Waals surface area contributed by atoms with Crippen molar-refractivity contribution < 1.29 is 29.0 Å². The molecule has 4 heterocycles. The minimum atomic E-state index is -1.45. The summed E-state index contributed by atoms with van der Waals surface area (Å²) in [6, 6.07) is 0.483. The van der Waals surface area contributed by atoms with E-state index in [0.29, 0.717) is 30.3 Å². The average molecular weight is 538 g/mol. The van der Waals surface area contributed by atoms with Gasteiger partial charge >= 0.3 is 6.03 Å². The molecule has 0 aromatic carbocycles. The second-order valence-corrected chi connectivity index (χ2v) is 12.6. The van der Waals surface area contributed by atoms with Gasteiger partial charge in [-0.05, 0) is 32.6 Å². The Morgan fingerprint density at radius 3 is 2.11 bits per heavy atom. The van der Waals surface area contributed by atoms with E-state index in [0.717, 1.165) is 70.0 Å². The van der Waals surface area contributed by atoms with Crippen LogP contribution >= 0.6 is 11.8 Å². The maximum Gasteiger partial charge on any atom is 0.315 e. The number of carbonyl (C=O) groups is 4. The number of morpholine rings is 1. The Morgan fingerprint density at radius 1 is 0.919 bits per heavy atom. The Morgan fingerprint density at radius 2 is 1.51 bits per heavy atom. The number of carbonyl (C=O) groups excluding carboxylic acids is 4. The molecule has 4 aliphatic rings. The number of hydrogen-bond acceptors (Lipinski definition) is 7. The summed E-state index contributed by atoms with van der Waals surface area (Å²) in [6.45, 7) is 1.46. The maximum absolute atomic E-state index is 12.4. The van der Waals surface area contributed by atoms with Crippen LogP contribution in [-0.4, -0.2) is 69.1 Å². The van der Waals surface area contributed by atoms with Crippen molar-refractivity contribution in [2.24, 2.45) is 0 Å². The van der Waals surface area contributed by atoms with E-state index in [1.54, 1.807) is 0 Å². The van der Waals surface area contributed by atoms with Crippen LogP contribution in [-0.2, 0) is 19.1 Å². The minimum absolute atomic E-state index is 0.0418. The largest absolute Gasteiger partial charge is 0.368 e. The normalized spacial score (nSPS) is 33.5. The number of rotatable bonds is 18. The lowest BCUT2D eigenvalue weighted by Gasteiger charge is -2.16. The van der Waals surface area contributed by atoms with Crippen LogP contribution in [0.3, 0.4) is 0 Å². The molecule has 6 atom stereocenters. The quantitative estimate of drug-likeness (QED) is 0.0912. The van der Waals surface area contributed by atoms with Crippen LogP contribution < -0.4 is 16.0 Å². The highest BCUT2D eigenvalue weighted by atomic mass is 32.2. The van der Waals surface area contributed by atoms with Gasteiger partial charge in [-0.1, -0.05) is 51.4 Å². The highest BCUT2D eigenvalue weighted by Gasteiger charge is 2.78. The number of nitrogens with one attached hydrogen (secondary N) is 3. The molecule has 3 amide bonds. The third kappa shape index (κ3) is 6.87. The van der Waals surface area contributed by atoms with Crippen LogP contribution in [0.15, 0.2) is 0 Å². The van der Waals surface area contributed by atoms with Crippen molar-refractivity contribution in [2.75, 3.05) is 5.75 Å². The van der Waals surface area contributed by atoms with Gasteiger partial charge in [0.25, 0.3) is 5.91 Å². The summed E-state index contributed by atoms with van der Waals surface area (Å²) in [5, 5.41) is 18.9. The molecule has 4 fully saturated rings. The fraction of sp³-hybridized carbons (Fsp3) is 0.852. The van der Waals surface area contributed by atoms with Gasteiger partial charge in [-0.2, -0.15) is 11.8 Å². The van der Waals surface area contributed by atoms with Crippen LogP contribution in [0.4, 0.5) is 4.79 Å². The lowest BCUT2D eigenvalue weighted by atomic mass is 9.94. The molecular weight excluding hydrogens is 494 g/mol. The van der Waals surface area contributed by atoms with Crippen molar-refractivity contribution >= 4 is 35.3 Å². The van der Waals surface area contributed by atoms with Crippen molar-refractivity contribution in [3.63, 3.8) is 0 Å². The Bertz CT molecular complexity index is 867. The number of urea groups is 1. The van der Waals surface area contributed by atoms with Gasteiger partial charge in [-0.3, -0.25) is 14.4 Å². The van der Waals surface area contributed by atoms with Crippen molar-refractivity contribution in [3.05, 3.63) is 0 Å². The van der Waals surface area contributed by atoms with E-state index in [9.17, 15) is 24.3 Å². The molecule has 208 valence electrons. The van der Waals surface area contributed by atoms with E-state index in [1.807, 2.05) is 11.8 Å². The van der Waals surface area contributed by atoms with Crippen molar-refractivity contribution in [1.82, 2.24) is 16.0 Å². The molecule has 4 aliphatic heterocycles. The predicted octanol–water partition coefficient (Wildman–Crippen LogP) is 3.12. The van der Waals surface area contributed by atoms with Crippen molar-refractivity contribution in [1.29, 1.82) is 0 Å². The summed E-state index contributed by atoms with van der Waals surface area (Å²) in [5.74, 6) is 0.635. The molecule has 4 saturated heterocycles. The Labute approximate surface area is 224 Å². The molecule has 9 nitrogen and oxygen atoms in total. The van der Waals surface area contributed by atoms with Crippen LogP contribution in [0.25, 0.3) is 0 Å². The maximum atomic E-state index is 12.4. The lowest BCUT2D eigenvalue weighted by molar-refractivity contribution is -0.138. The molecule has 1 unspecified atom stereocenters. The van der Waals surface area contributed by atoms with E-state index in [-0.39, 0.29) is 23.9 Å². The van der Waals surface area contributed by atoms with Crippen LogP contribution in [0.2, 0.25) is 0 Å². The smallest absolute Gasteiger partial charge is 0.315 e. The number of Topliss-reactive ketones (excluding diaryl/α,β-unsaturated/α-hetero) is 2. The first-order chi connectivity index (χ1) is 17.7. The average Bonchev–Trinajstić information content (AvgIpc) is 3.32. The summed E-state index contributed by atoms with van der Waals surface area (Å²) in [6.07, 6.45) is 13.4. The summed E-state index contributed by atoms with van der Waals surface area (Å²) >= 11 is 1.93. The van der Waals surface area contributed by atoms with Crippen LogP contribution in [0, 0.1) is 0 Å². The molecule has 0 aliphatic carbocycles. The first kappa shape index (κ1) is 28.4. The van der Waals surface area contributed by atoms with Crippen LogP contribution in [0.1, 0.15) is 103 Å². The highest BCUT2D eigenvalue weighted by Crippen LogP contribution is 2.49. The van der Waals surface area contributed by atoms with Gasteiger partial charge in [0.2, 0.25) is 5.60 Å². The number of fused-ring (bicyclic) bond motifs is 2. The fourth-order valence-electron chi connectivity index (χ4n) is 6.03. The first-order valence-corrected chi connectivity index (χ1v) is 15.3. The zero-order valence-corrected chi connectivity index (χ0v) is 22.8. The number of hydrogen-bond donors (Lipinski definition) is 4. The second kappa shape index (κ2) is 12.5. The van der Waals surface area contributed by atoms with E-state index in [4.69, 9.17) is 4.74 Å². The molecule has 0 bridgehead atoms. The molecule has 4 rings (SSSR count). The van der Waals surface area contributed by atoms with Gasteiger partial charge in [-0.25, -0.2) is 4.79 Å². The number of aliphatic hydroxyl groups is 1.